The van der Waals surface area contributed by atoms with Gasteiger partial charge in [0.25, 0.3) is 0 Å². The van der Waals surface area contributed by atoms with Crippen molar-refractivity contribution >= 4 is 23.0 Å². The van der Waals surface area contributed by atoms with E-state index in [1.807, 2.05) is 0 Å². The number of hydrogen-bond donors (Lipinski definition) is 1. The van der Waals surface area contributed by atoms with Gasteiger partial charge < -0.3 is 15.1 Å². The fourth-order valence-electron chi connectivity index (χ4n) is 2.48. The number of thiocarbonyl (C=S) groups is 1. The Morgan fingerprint density at radius 1 is 1.25 bits per heavy atom. The van der Waals surface area contributed by atoms with Crippen LogP contribution in [0.5, 0.6) is 0 Å². The van der Waals surface area contributed by atoms with Gasteiger partial charge in [0, 0.05) is 38.4 Å². The van der Waals surface area contributed by atoms with E-state index in [2.05, 4.69) is 53.2 Å². The van der Waals surface area contributed by atoms with Crippen LogP contribution < -0.4 is 10.2 Å². The number of rotatable bonds is 4. The second-order valence-electron chi connectivity index (χ2n) is 5.40. The van der Waals surface area contributed by atoms with Crippen LogP contribution in [0.2, 0.25) is 0 Å². The molecule has 0 radical (unpaired) electrons. The van der Waals surface area contributed by atoms with Crippen molar-refractivity contribution < 1.29 is 0 Å². The third-order valence-electron chi connectivity index (χ3n) is 3.74. The Hall–Kier alpha value is -1.29. The van der Waals surface area contributed by atoms with Crippen LogP contribution >= 0.6 is 12.2 Å². The predicted octanol–water partition coefficient (Wildman–Crippen LogP) is 2.79. The third kappa shape index (κ3) is 4.10. The summed E-state index contributed by atoms with van der Waals surface area (Å²) in [6.45, 7) is 9.43. The molecule has 0 atom stereocenters. The number of aryl methyl sites for hydroxylation is 1. The molecule has 3 nitrogen and oxygen atoms in total. The Labute approximate surface area is 128 Å². The molecule has 0 amide bonds. The molecule has 1 aliphatic heterocycles. The maximum atomic E-state index is 5.46. The summed E-state index contributed by atoms with van der Waals surface area (Å²) in [7, 11) is 0. The average molecular weight is 291 g/mol. The lowest BCUT2D eigenvalue weighted by molar-refractivity contribution is 0.380. The van der Waals surface area contributed by atoms with Gasteiger partial charge in [-0.05, 0) is 43.3 Å². The monoisotopic (exact) mass is 291 g/mol. The van der Waals surface area contributed by atoms with Gasteiger partial charge in [-0.25, -0.2) is 0 Å². The zero-order valence-corrected chi connectivity index (χ0v) is 13.4. The summed E-state index contributed by atoms with van der Waals surface area (Å²) in [5.74, 6) is 0. The first-order chi connectivity index (χ1) is 9.70. The van der Waals surface area contributed by atoms with Crippen LogP contribution in [0.15, 0.2) is 24.3 Å². The van der Waals surface area contributed by atoms with Crippen molar-refractivity contribution in [2.24, 2.45) is 0 Å². The van der Waals surface area contributed by atoms with Gasteiger partial charge in [0.2, 0.25) is 0 Å². The van der Waals surface area contributed by atoms with Crippen LogP contribution in [0.3, 0.4) is 0 Å². The molecule has 0 saturated carbocycles. The lowest BCUT2D eigenvalue weighted by atomic mass is 10.2. The van der Waals surface area contributed by atoms with Gasteiger partial charge in [-0.15, -0.1) is 0 Å². The molecule has 1 aromatic carbocycles. The SMILES string of the molecule is CCCCNC(=S)N1CCN(c2cccc(C)c2)CC1. The Bertz CT molecular complexity index is 439. The predicted molar refractivity (Wildman–Crippen MR) is 90.5 cm³/mol. The van der Waals surface area contributed by atoms with Crippen molar-refractivity contribution in [2.45, 2.75) is 26.7 Å². The molecule has 110 valence electrons. The highest BCUT2D eigenvalue weighted by Crippen LogP contribution is 2.17. The molecule has 1 saturated heterocycles. The van der Waals surface area contributed by atoms with Crippen molar-refractivity contribution in [2.75, 3.05) is 37.6 Å². The van der Waals surface area contributed by atoms with E-state index in [0.717, 1.165) is 37.8 Å². The second-order valence-corrected chi connectivity index (χ2v) is 5.79. The summed E-state index contributed by atoms with van der Waals surface area (Å²) < 4.78 is 0. The number of hydrogen-bond acceptors (Lipinski definition) is 2. The van der Waals surface area contributed by atoms with E-state index in [-0.39, 0.29) is 0 Å². The first kappa shape index (κ1) is 15.1. The maximum absolute atomic E-state index is 5.46. The molecule has 1 aromatic rings. The highest BCUT2D eigenvalue weighted by molar-refractivity contribution is 7.80. The molecule has 0 aliphatic carbocycles. The Morgan fingerprint density at radius 3 is 2.65 bits per heavy atom. The van der Waals surface area contributed by atoms with Gasteiger partial charge in [0.15, 0.2) is 5.11 Å². The number of benzene rings is 1. The first-order valence-electron chi connectivity index (χ1n) is 7.55. The van der Waals surface area contributed by atoms with Crippen LogP contribution in [-0.4, -0.2) is 42.7 Å². The zero-order chi connectivity index (χ0) is 14.4. The largest absolute Gasteiger partial charge is 0.368 e. The van der Waals surface area contributed by atoms with Crippen LogP contribution in [0, 0.1) is 6.92 Å². The standard InChI is InChI=1S/C16H25N3S/c1-3-4-8-17-16(20)19-11-9-18(10-12-19)15-7-5-6-14(2)13-15/h5-7,13H,3-4,8-12H2,1-2H3,(H,17,20). The molecule has 4 heteroatoms. The van der Waals surface area contributed by atoms with E-state index in [1.165, 1.54) is 24.1 Å². The van der Waals surface area contributed by atoms with Gasteiger partial charge >= 0.3 is 0 Å². The van der Waals surface area contributed by atoms with Gasteiger partial charge in [0.05, 0.1) is 0 Å². The molecule has 2 rings (SSSR count). The summed E-state index contributed by atoms with van der Waals surface area (Å²) >= 11 is 5.46. The molecule has 0 spiro atoms. The van der Waals surface area contributed by atoms with Crippen molar-refractivity contribution in [3.8, 4) is 0 Å². The Morgan fingerprint density at radius 2 is 2.00 bits per heavy atom. The zero-order valence-electron chi connectivity index (χ0n) is 12.6. The lowest BCUT2D eigenvalue weighted by Crippen LogP contribution is -2.51. The van der Waals surface area contributed by atoms with Crippen LogP contribution in [0.25, 0.3) is 0 Å². The summed E-state index contributed by atoms with van der Waals surface area (Å²) in [5.41, 5.74) is 2.65. The van der Waals surface area contributed by atoms with Gasteiger partial charge in [0.1, 0.15) is 0 Å². The summed E-state index contributed by atoms with van der Waals surface area (Å²) in [5, 5.41) is 4.27. The minimum Gasteiger partial charge on any atom is -0.368 e. The molecular formula is C16H25N3S. The smallest absolute Gasteiger partial charge is 0.169 e. The topological polar surface area (TPSA) is 18.5 Å². The molecule has 0 unspecified atom stereocenters. The summed E-state index contributed by atoms with van der Waals surface area (Å²) in [6, 6.07) is 8.73. The minimum absolute atomic E-state index is 0.919. The number of unbranched alkanes of at least 4 members (excludes halogenated alkanes) is 1. The van der Waals surface area contributed by atoms with Crippen LogP contribution in [-0.2, 0) is 0 Å². The molecule has 1 N–H and O–H groups in total. The molecular weight excluding hydrogens is 266 g/mol. The van der Waals surface area contributed by atoms with E-state index < -0.39 is 0 Å². The Kier molecular flexibility index (Phi) is 5.65. The maximum Gasteiger partial charge on any atom is 0.169 e. The highest BCUT2D eigenvalue weighted by Gasteiger charge is 2.18. The van der Waals surface area contributed by atoms with Crippen LogP contribution in [0.1, 0.15) is 25.3 Å². The quantitative estimate of drug-likeness (QED) is 0.679. The molecule has 1 fully saturated rings. The fourth-order valence-corrected chi connectivity index (χ4v) is 2.76. The van der Waals surface area contributed by atoms with Crippen molar-refractivity contribution in [3.05, 3.63) is 29.8 Å². The number of piperazine rings is 1. The number of nitrogens with one attached hydrogen (secondary N) is 1. The number of nitrogens with zero attached hydrogens (tertiary/aromatic N) is 2. The third-order valence-corrected chi connectivity index (χ3v) is 4.14. The minimum atomic E-state index is 0.919. The molecule has 1 heterocycles. The Balaban J connectivity index is 1.81. The fraction of sp³-hybridized carbons (Fsp3) is 0.562. The van der Waals surface area contributed by atoms with E-state index in [9.17, 15) is 0 Å². The van der Waals surface area contributed by atoms with Crippen LogP contribution in [0.4, 0.5) is 5.69 Å². The number of anilines is 1. The summed E-state index contributed by atoms with van der Waals surface area (Å²) in [6.07, 6.45) is 2.39. The lowest BCUT2D eigenvalue weighted by Gasteiger charge is -2.37. The van der Waals surface area contributed by atoms with Crippen molar-refractivity contribution in [3.63, 3.8) is 0 Å². The van der Waals surface area contributed by atoms with Crippen molar-refractivity contribution in [1.82, 2.24) is 10.2 Å². The second kappa shape index (κ2) is 7.48. The van der Waals surface area contributed by atoms with Gasteiger partial charge in [-0.3, -0.25) is 0 Å². The van der Waals surface area contributed by atoms with Gasteiger partial charge in [-0.1, -0.05) is 25.5 Å². The summed E-state index contributed by atoms with van der Waals surface area (Å²) in [4.78, 5) is 4.73. The molecule has 0 aromatic heterocycles. The normalized spacial score (nSPS) is 15.3. The molecule has 0 bridgehead atoms. The average Bonchev–Trinajstić information content (AvgIpc) is 2.47. The molecule has 20 heavy (non-hydrogen) atoms. The molecule has 1 aliphatic rings. The van der Waals surface area contributed by atoms with E-state index in [4.69, 9.17) is 12.2 Å². The van der Waals surface area contributed by atoms with Crippen molar-refractivity contribution in [1.29, 1.82) is 0 Å². The first-order valence-corrected chi connectivity index (χ1v) is 7.96. The van der Waals surface area contributed by atoms with E-state index >= 15 is 0 Å². The highest BCUT2D eigenvalue weighted by atomic mass is 32.1. The van der Waals surface area contributed by atoms with E-state index in [1.54, 1.807) is 0 Å². The van der Waals surface area contributed by atoms with E-state index in [0.29, 0.717) is 0 Å². The van der Waals surface area contributed by atoms with Gasteiger partial charge in [-0.2, -0.15) is 0 Å².